The molecule has 0 saturated heterocycles. The second kappa shape index (κ2) is 7.48. The highest BCUT2D eigenvalue weighted by Gasteiger charge is 2.25. The molecule has 6 heteroatoms. The Morgan fingerprint density at radius 3 is 3.11 bits per heavy atom. The van der Waals surface area contributed by atoms with Crippen molar-refractivity contribution < 1.29 is 4.79 Å². The van der Waals surface area contributed by atoms with Crippen LogP contribution in [0.1, 0.15) is 35.8 Å². The van der Waals surface area contributed by atoms with E-state index in [4.69, 9.17) is 0 Å². The summed E-state index contributed by atoms with van der Waals surface area (Å²) in [5.74, 6) is 1.33. The molecule has 3 heterocycles. The molecule has 0 saturated carbocycles. The number of benzene rings is 1. The maximum absolute atomic E-state index is 13.0. The minimum absolute atomic E-state index is 0.168. The van der Waals surface area contributed by atoms with Crippen molar-refractivity contribution in [2.75, 3.05) is 17.2 Å². The number of hydrogen-bond acceptors (Lipinski definition) is 5. The molecule has 2 aliphatic rings. The van der Waals surface area contributed by atoms with Gasteiger partial charge in [-0.3, -0.25) is 4.79 Å². The zero-order valence-corrected chi connectivity index (χ0v) is 17.6. The van der Waals surface area contributed by atoms with Crippen LogP contribution in [0.25, 0.3) is 10.2 Å². The van der Waals surface area contributed by atoms with E-state index >= 15 is 0 Å². The SMILES string of the molecule is C[C@@H]1CCc2c(sc3ncnc(SCC(=O)N4CCCc5ccccc54)c23)C1. The first-order valence-corrected chi connectivity index (χ1v) is 11.8. The Hall–Kier alpha value is -1.92. The highest BCUT2D eigenvalue weighted by Crippen LogP contribution is 2.40. The van der Waals surface area contributed by atoms with Crippen molar-refractivity contribution in [1.82, 2.24) is 9.97 Å². The third-order valence-corrected chi connectivity index (χ3v) is 7.94. The van der Waals surface area contributed by atoms with Crippen LogP contribution in [-0.2, 0) is 24.1 Å². The minimum atomic E-state index is 0.168. The summed E-state index contributed by atoms with van der Waals surface area (Å²) in [4.78, 5) is 26.6. The Kier molecular flexibility index (Phi) is 4.85. The number of anilines is 1. The Labute approximate surface area is 173 Å². The molecular formula is C22H23N3OS2. The fraction of sp³-hybridized carbons (Fsp3) is 0.409. The van der Waals surface area contributed by atoms with Crippen molar-refractivity contribution in [2.45, 2.75) is 44.1 Å². The molecule has 5 rings (SSSR count). The number of thioether (sulfide) groups is 1. The summed E-state index contributed by atoms with van der Waals surface area (Å²) in [6.45, 7) is 3.13. The van der Waals surface area contributed by atoms with Crippen LogP contribution in [0.2, 0.25) is 0 Å². The number of nitrogens with zero attached hydrogens (tertiary/aromatic N) is 3. The molecule has 144 valence electrons. The van der Waals surface area contributed by atoms with Gasteiger partial charge in [0.1, 0.15) is 16.2 Å². The van der Waals surface area contributed by atoms with Gasteiger partial charge in [0.05, 0.1) is 5.75 Å². The number of aryl methyl sites for hydroxylation is 2. The predicted octanol–water partition coefficient (Wildman–Crippen LogP) is 4.89. The van der Waals surface area contributed by atoms with Crippen molar-refractivity contribution in [3.63, 3.8) is 0 Å². The average Bonchev–Trinajstić information content (AvgIpc) is 3.09. The van der Waals surface area contributed by atoms with Crippen LogP contribution in [0.3, 0.4) is 0 Å². The zero-order valence-electron chi connectivity index (χ0n) is 16.0. The molecule has 0 fully saturated rings. The number of rotatable bonds is 3. The highest BCUT2D eigenvalue weighted by atomic mass is 32.2. The second-order valence-electron chi connectivity index (χ2n) is 7.78. The maximum atomic E-state index is 13.0. The van der Waals surface area contributed by atoms with Gasteiger partial charge in [0.15, 0.2) is 0 Å². The quantitative estimate of drug-likeness (QED) is 0.456. The van der Waals surface area contributed by atoms with E-state index in [2.05, 4.69) is 35.1 Å². The van der Waals surface area contributed by atoms with E-state index in [1.54, 1.807) is 18.1 Å². The summed E-state index contributed by atoms with van der Waals surface area (Å²) in [5.41, 5.74) is 3.78. The molecule has 2 aromatic heterocycles. The molecule has 0 spiro atoms. The number of amides is 1. The molecule has 28 heavy (non-hydrogen) atoms. The van der Waals surface area contributed by atoms with E-state index in [9.17, 15) is 4.79 Å². The van der Waals surface area contributed by atoms with E-state index in [1.165, 1.54) is 27.8 Å². The summed E-state index contributed by atoms with van der Waals surface area (Å²) in [5, 5.41) is 2.17. The lowest BCUT2D eigenvalue weighted by Gasteiger charge is -2.29. The molecule has 0 bridgehead atoms. The smallest absolute Gasteiger partial charge is 0.237 e. The number of aromatic nitrogens is 2. The standard InChI is InChI=1S/C22H23N3OS2/c1-14-8-9-16-18(11-14)28-22-20(16)21(23-13-24-22)27-12-19(26)25-10-4-6-15-5-2-3-7-17(15)25/h2-3,5,7,13-14H,4,6,8-12H2,1H3/t14-/m1/s1. The number of fused-ring (bicyclic) bond motifs is 4. The first-order chi connectivity index (χ1) is 13.7. The second-order valence-corrected chi connectivity index (χ2v) is 9.82. The van der Waals surface area contributed by atoms with Gasteiger partial charge in [-0.2, -0.15) is 0 Å². The lowest BCUT2D eigenvalue weighted by atomic mass is 9.89. The number of thiophene rings is 1. The minimum Gasteiger partial charge on any atom is -0.311 e. The number of hydrogen-bond donors (Lipinski definition) is 0. The van der Waals surface area contributed by atoms with E-state index in [-0.39, 0.29) is 5.91 Å². The summed E-state index contributed by atoms with van der Waals surface area (Å²) in [7, 11) is 0. The van der Waals surface area contributed by atoms with Gasteiger partial charge < -0.3 is 4.90 Å². The Bertz CT molecular complexity index is 1050. The van der Waals surface area contributed by atoms with Crippen molar-refractivity contribution in [2.24, 2.45) is 5.92 Å². The monoisotopic (exact) mass is 409 g/mol. The first kappa shape index (κ1) is 18.1. The summed E-state index contributed by atoms with van der Waals surface area (Å²) < 4.78 is 0. The van der Waals surface area contributed by atoms with Crippen LogP contribution < -0.4 is 4.90 Å². The fourth-order valence-corrected chi connectivity index (χ4v) is 6.67. The summed E-state index contributed by atoms with van der Waals surface area (Å²) >= 11 is 3.38. The highest BCUT2D eigenvalue weighted by molar-refractivity contribution is 8.00. The Morgan fingerprint density at radius 1 is 1.29 bits per heavy atom. The lowest BCUT2D eigenvalue weighted by molar-refractivity contribution is -0.116. The summed E-state index contributed by atoms with van der Waals surface area (Å²) in [6, 6.07) is 8.27. The third-order valence-electron chi connectivity index (χ3n) is 5.80. The van der Waals surface area contributed by atoms with E-state index in [0.717, 1.165) is 53.7 Å². The molecule has 1 aromatic carbocycles. The van der Waals surface area contributed by atoms with Crippen LogP contribution in [0.5, 0.6) is 0 Å². The van der Waals surface area contributed by atoms with Crippen molar-refractivity contribution in [3.05, 3.63) is 46.6 Å². The molecular weight excluding hydrogens is 386 g/mol. The van der Waals surface area contributed by atoms with Crippen LogP contribution >= 0.6 is 23.1 Å². The van der Waals surface area contributed by atoms with Gasteiger partial charge in [0, 0.05) is 22.5 Å². The normalized spacial score (nSPS) is 18.8. The predicted molar refractivity (Wildman–Crippen MR) is 116 cm³/mol. The molecule has 1 aliphatic heterocycles. The molecule has 3 aromatic rings. The first-order valence-electron chi connectivity index (χ1n) is 9.97. The molecule has 1 atom stereocenters. The van der Waals surface area contributed by atoms with Gasteiger partial charge in [-0.15, -0.1) is 11.3 Å². The van der Waals surface area contributed by atoms with E-state index in [1.807, 2.05) is 22.3 Å². The van der Waals surface area contributed by atoms with Gasteiger partial charge in [-0.1, -0.05) is 36.9 Å². The molecule has 1 aliphatic carbocycles. The van der Waals surface area contributed by atoms with E-state index < -0.39 is 0 Å². The van der Waals surface area contributed by atoms with Crippen LogP contribution in [-0.4, -0.2) is 28.2 Å². The largest absolute Gasteiger partial charge is 0.311 e. The van der Waals surface area contributed by atoms with Crippen molar-refractivity contribution in [3.8, 4) is 0 Å². The van der Waals surface area contributed by atoms with Crippen LogP contribution in [0.4, 0.5) is 5.69 Å². The van der Waals surface area contributed by atoms with Gasteiger partial charge in [0.2, 0.25) is 5.91 Å². The molecule has 0 N–H and O–H groups in total. The summed E-state index contributed by atoms with van der Waals surface area (Å²) in [6.07, 6.45) is 7.20. The molecule has 4 nitrogen and oxygen atoms in total. The van der Waals surface area contributed by atoms with Gasteiger partial charge >= 0.3 is 0 Å². The van der Waals surface area contributed by atoms with Crippen molar-refractivity contribution in [1.29, 1.82) is 0 Å². The fourth-order valence-electron chi connectivity index (χ4n) is 4.36. The van der Waals surface area contributed by atoms with Crippen LogP contribution in [0.15, 0.2) is 35.6 Å². The molecule has 1 amide bonds. The Balaban J connectivity index is 1.39. The average molecular weight is 410 g/mol. The lowest BCUT2D eigenvalue weighted by Crippen LogP contribution is -2.36. The van der Waals surface area contributed by atoms with Crippen molar-refractivity contribution >= 4 is 44.9 Å². The van der Waals surface area contributed by atoms with Crippen LogP contribution in [0, 0.1) is 5.92 Å². The van der Waals surface area contributed by atoms with E-state index in [0.29, 0.717) is 5.75 Å². The molecule has 0 unspecified atom stereocenters. The Morgan fingerprint density at radius 2 is 2.18 bits per heavy atom. The third kappa shape index (κ3) is 3.22. The topological polar surface area (TPSA) is 46.1 Å². The zero-order chi connectivity index (χ0) is 19.1. The number of carbonyl (C=O) groups excluding carboxylic acids is 1. The molecule has 0 radical (unpaired) electrons. The van der Waals surface area contributed by atoms with Gasteiger partial charge in [-0.25, -0.2) is 9.97 Å². The number of para-hydroxylation sites is 1. The van der Waals surface area contributed by atoms with Gasteiger partial charge in [-0.05, 0) is 55.2 Å². The number of carbonyl (C=O) groups is 1. The maximum Gasteiger partial charge on any atom is 0.237 e. The van der Waals surface area contributed by atoms with Gasteiger partial charge in [0.25, 0.3) is 0 Å².